The number of hydrogen-bond acceptors (Lipinski definition) is 4. The molecule has 0 aliphatic rings. The van der Waals surface area contributed by atoms with E-state index in [1.807, 2.05) is 24.4 Å². The summed E-state index contributed by atoms with van der Waals surface area (Å²) in [5.41, 5.74) is 2.19. The van der Waals surface area contributed by atoms with Gasteiger partial charge in [-0.15, -0.1) is 11.3 Å². The largest absolute Gasteiger partial charge is 0.303 e. The molecule has 0 amide bonds. The lowest BCUT2D eigenvalue weighted by molar-refractivity contribution is 0.556. The maximum atomic E-state index is 4.53. The predicted molar refractivity (Wildman–Crippen MR) is 71.0 cm³/mol. The zero-order valence-corrected chi connectivity index (χ0v) is 11.0. The van der Waals surface area contributed by atoms with Crippen LogP contribution in [0.5, 0.6) is 0 Å². The second-order valence-corrected chi connectivity index (χ2v) is 4.89. The fourth-order valence-corrected chi connectivity index (χ4v) is 2.33. The summed E-state index contributed by atoms with van der Waals surface area (Å²) in [5.74, 6) is 0. The van der Waals surface area contributed by atoms with Crippen molar-refractivity contribution >= 4 is 11.3 Å². The smallest absolute Gasteiger partial charge is 0.0926 e. The molecule has 0 bridgehead atoms. The number of aromatic nitrogens is 2. The van der Waals surface area contributed by atoms with Crippen LogP contribution >= 0.6 is 11.3 Å². The Morgan fingerprint density at radius 2 is 2.29 bits per heavy atom. The fourth-order valence-electron chi connectivity index (χ4n) is 1.59. The van der Waals surface area contributed by atoms with Gasteiger partial charge in [0.15, 0.2) is 0 Å². The van der Waals surface area contributed by atoms with Crippen molar-refractivity contribution < 1.29 is 0 Å². The first-order valence-electron chi connectivity index (χ1n) is 5.87. The van der Waals surface area contributed by atoms with Crippen molar-refractivity contribution in [3.05, 3.63) is 46.2 Å². The molecule has 0 saturated carbocycles. The molecule has 90 valence electrons. The van der Waals surface area contributed by atoms with E-state index in [2.05, 4.69) is 34.5 Å². The minimum atomic E-state index is 0.253. The average Bonchev–Trinajstić information content (AvgIpc) is 2.85. The molecule has 2 rings (SSSR count). The van der Waals surface area contributed by atoms with Gasteiger partial charge < -0.3 is 5.32 Å². The summed E-state index contributed by atoms with van der Waals surface area (Å²) in [6, 6.07) is 6.24. The highest BCUT2D eigenvalue weighted by atomic mass is 32.1. The third kappa shape index (κ3) is 3.35. The molecule has 0 aliphatic heterocycles. The van der Waals surface area contributed by atoms with Crippen molar-refractivity contribution in [2.75, 3.05) is 0 Å². The zero-order chi connectivity index (χ0) is 12.1. The molecule has 0 spiro atoms. The number of pyridine rings is 1. The summed E-state index contributed by atoms with van der Waals surface area (Å²) >= 11 is 1.73. The van der Waals surface area contributed by atoms with Crippen LogP contribution in [0, 0.1) is 0 Å². The molecule has 2 aromatic heterocycles. The van der Waals surface area contributed by atoms with Crippen LogP contribution in [0.15, 0.2) is 29.8 Å². The van der Waals surface area contributed by atoms with Crippen molar-refractivity contribution in [1.29, 1.82) is 0 Å². The summed E-state index contributed by atoms with van der Waals surface area (Å²) in [6.07, 6.45) is 2.84. The van der Waals surface area contributed by atoms with Gasteiger partial charge in [0, 0.05) is 24.2 Å². The molecule has 1 atom stereocenters. The highest BCUT2D eigenvalue weighted by Gasteiger charge is 2.06. The van der Waals surface area contributed by atoms with Crippen LogP contribution in [0.2, 0.25) is 0 Å². The first-order chi connectivity index (χ1) is 8.29. The van der Waals surface area contributed by atoms with Crippen LogP contribution in [0.1, 0.15) is 36.3 Å². The second-order valence-electron chi connectivity index (χ2n) is 3.94. The van der Waals surface area contributed by atoms with Gasteiger partial charge in [-0.05, 0) is 25.5 Å². The molecule has 2 heterocycles. The van der Waals surface area contributed by atoms with Gasteiger partial charge in [-0.2, -0.15) is 0 Å². The van der Waals surface area contributed by atoms with Gasteiger partial charge in [0.25, 0.3) is 0 Å². The number of rotatable bonds is 5. The monoisotopic (exact) mass is 247 g/mol. The molecule has 4 heteroatoms. The Bertz CT molecular complexity index is 453. The maximum Gasteiger partial charge on any atom is 0.0926 e. The number of aryl methyl sites for hydroxylation is 1. The Hall–Kier alpha value is -1.26. The van der Waals surface area contributed by atoms with Gasteiger partial charge in [0.05, 0.1) is 16.4 Å². The zero-order valence-electron chi connectivity index (χ0n) is 10.2. The van der Waals surface area contributed by atoms with Crippen molar-refractivity contribution in [3.8, 4) is 0 Å². The molecule has 0 radical (unpaired) electrons. The van der Waals surface area contributed by atoms with E-state index in [0.29, 0.717) is 0 Å². The highest BCUT2D eigenvalue weighted by Crippen LogP contribution is 2.12. The number of nitrogens with one attached hydrogen (secondary N) is 1. The van der Waals surface area contributed by atoms with E-state index < -0.39 is 0 Å². The molecule has 17 heavy (non-hydrogen) atoms. The van der Waals surface area contributed by atoms with Crippen LogP contribution < -0.4 is 5.32 Å². The Morgan fingerprint density at radius 3 is 2.94 bits per heavy atom. The van der Waals surface area contributed by atoms with E-state index in [1.165, 1.54) is 5.01 Å². The number of thiazole rings is 1. The summed E-state index contributed by atoms with van der Waals surface area (Å²) in [7, 11) is 0. The van der Waals surface area contributed by atoms with E-state index >= 15 is 0 Å². The average molecular weight is 247 g/mol. The predicted octanol–water partition coefficient (Wildman–Crippen LogP) is 2.95. The van der Waals surface area contributed by atoms with Crippen molar-refractivity contribution in [3.63, 3.8) is 0 Å². The summed E-state index contributed by atoms with van der Waals surface area (Å²) in [6.45, 7) is 5.05. The van der Waals surface area contributed by atoms with Crippen LogP contribution in [-0.2, 0) is 13.0 Å². The lowest BCUT2D eigenvalue weighted by Crippen LogP contribution is -2.19. The Labute approximate surface area is 106 Å². The summed E-state index contributed by atoms with van der Waals surface area (Å²) in [5, 5.41) is 6.76. The van der Waals surface area contributed by atoms with E-state index in [-0.39, 0.29) is 6.04 Å². The fraction of sp³-hybridized carbons (Fsp3) is 0.385. The van der Waals surface area contributed by atoms with Crippen molar-refractivity contribution in [2.24, 2.45) is 0 Å². The third-order valence-electron chi connectivity index (χ3n) is 2.62. The van der Waals surface area contributed by atoms with Crippen LogP contribution in [-0.4, -0.2) is 9.97 Å². The summed E-state index contributed by atoms with van der Waals surface area (Å²) < 4.78 is 0. The molecule has 3 nitrogen and oxygen atoms in total. The Kier molecular flexibility index (Phi) is 4.23. The van der Waals surface area contributed by atoms with Crippen molar-refractivity contribution in [2.45, 2.75) is 32.9 Å². The quantitative estimate of drug-likeness (QED) is 0.882. The first kappa shape index (κ1) is 12.2. The molecule has 0 aliphatic carbocycles. The number of nitrogens with zero attached hydrogens (tertiary/aromatic N) is 2. The van der Waals surface area contributed by atoms with Gasteiger partial charge in [-0.25, -0.2) is 4.98 Å². The Balaban J connectivity index is 1.90. The Morgan fingerprint density at radius 1 is 1.41 bits per heavy atom. The maximum absolute atomic E-state index is 4.53. The normalized spacial score (nSPS) is 12.6. The standard InChI is InChI=1S/C13H17N3S/c1-3-13-16-11(9-17-13)8-15-10(2)12-6-4-5-7-14-12/h4-7,9-10,15H,3,8H2,1-2H3. The van der Waals surface area contributed by atoms with E-state index in [0.717, 1.165) is 24.4 Å². The van der Waals surface area contributed by atoms with Crippen LogP contribution in [0.25, 0.3) is 0 Å². The molecule has 1 unspecified atom stereocenters. The van der Waals surface area contributed by atoms with E-state index in [9.17, 15) is 0 Å². The highest BCUT2D eigenvalue weighted by molar-refractivity contribution is 7.09. The van der Waals surface area contributed by atoms with Crippen LogP contribution in [0.4, 0.5) is 0 Å². The minimum absolute atomic E-state index is 0.253. The molecule has 1 N–H and O–H groups in total. The molecular weight excluding hydrogens is 230 g/mol. The van der Waals surface area contributed by atoms with E-state index in [4.69, 9.17) is 0 Å². The lowest BCUT2D eigenvalue weighted by Gasteiger charge is -2.11. The SMILES string of the molecule is CCc1nc(CNC(C)c2ccccn2)cs1. The molecule has 0 fully saturated rings. The summed E-state index contributed by atoms with van der Waals surface area (Å²) in [4.78, 5) is 8.86. The minimum Gasteiger partial charge on any atom is -0.303 e. The van der Waals surface area contributed by atoms with Crippen LogP contribution in [0.3, 0.4) is 0 Å². The molecular formula is C13H17N3S. The molecule has 0 aromatic carbocycles. The number of hydrogen-bond donors (Lipinski definition) is 1. The van der Waals surface area contributed by atoms with Crippen molar-refractivity contribution in [1.82, 2.24) is 15.3 Å². The molecule has 2 aromatic rings. The first-order valence-corrected chi connectivity index (χ1v) is 6.75. The van der Waals surface area contributed by atoms with Gasteiger partial charge in [0.1, 0.15) is 0 Å². The van der Waals surface area contributed by atoms with Gasteiger partial charge in [-0.3, -0.25) is 4.98 Å². The van der Waals surface area contributed by atoms with Gasteiger partial charge in [-0.1, -0.05) is 13.0 Å². The lowest BCUT2D eigenvalue weighted by atomic mass is 10.2. The third-order valence-corrected chi connectivity index (χ3v) is 3.66. The topological polar surface area (TPSA) is 37.8 Å². The van der Waals surface area contributed by atoms with E-state index in [1.54, 1.807) is 11.3 Å². The molecule has 0 saturated heterocycles. The van der Waals surface area contributed by atoms with Gasteiger partial charge >= 0.3 is 0 Å². The second kappa shape index (κ2) is 5.89. The van der Waals surface area contributed by atoms with Gasteiger partial charge in [0.2, 0.25) is 0 Å².